The summed E-state index contributed by atoms with van der Waals surface area (Å²) in [4.78, 5) is 0. The number of halogens is 1. The van der Waals surface area contributed by atoms with Crippen LogP contribution >= 0.6 is 0 Å². The van der Waals surface area contributed by atoms with Crippen molar-refractivity contribution in [2.45, 2.75) is 31.5 Å². The Balaban J connectivity index is 2.33. The predicted octanol–water partition coefficient (Wildman–Crippen LogP) is 2.66. The van der Waals surface area contributed by atoms with Crippen molar-refractivity contribution in [1.29, 1.82) is 0 Å². The first-order valence-corrected chi connectivity index (χ1v) is 4.65. The number of nitrogens with two attached hydrogens (primary N) is 1. The summed E-state index contributed by atoms with van der Waals surface area (Å²) < 4.78 is 13.0. The van der Waals surface area contributed by atoms with Crippen LogP contribution in [0.5, 0.6) is 0 Å². The first-order valence-electron chi connectivity index (χ1n) is 4.65. The predicted molar refractivity (Wildman–Crippen MR) is 51.1 cm³/mol. The Labute approximate surface area is 77.8 Å². The van der Waals surface area contributed by atoms with Crippen LogP contribution in [0.4, 0.5) is 4.39 Å². The molecule has 1 fully saturated rings. The monoisotopic (exact) mass is 179 g/mol. The van der Waals surface area contributed by atoms with E-state index >= 15 is 0 Å². The third kappa shape index (κ3) is 1.59. The quantitative estimate of drug-likeness (QED) is 0.742. The standard InChI is InChI=1S/C11H14FN/c1-8(12)9-3-2-4-10(7-9)11(13)5-6-11/h2-4,7-8H,5-6,13H2,1H3. The summed E-state index contributed by atoms with van der Waals surface area (Å²) in [7, 11) is 0. The van der Waals surface area contributed by atoms with Gasteiger partial charge in [0.2, 0.25) is 0 Å². The molecule has 1 aliphatic carbocycles. The highest BCUT2D eigenvalue weighted by atomic mass is 19.1. The lowest BCUT2D eigenvalue weighted by Crippen LogP contribution is -2.18. The van der Waals surface area contributed by atoms with Crippen LogP contribution in [0, 0.1) is 0 Å². The molecule has 13 heavy (non-hydrogen) atoms. The van der Waals surface area contributed by atoms with Crippen LogP contribution in [-0.4, -0.2) is 0 Å². The van der Waals surface area contributed by atoms with Crippen LogP contribution in [0.15, 0.2) is 24.3 Å². The van der Waals surface area contributed by atoms with Gasteiger partial charge in [-0.05, 0) is 30.9 Å². The van der Waals surface area contributed by atoms with Gasteiger partial charge in [-0.15, -0.1) is 0 Å². The van der Waals surface area contributed by atoms with Gasteiger partial charge in [0.1, 0.15) is 6.17 Å². The van der Waals surface area contributed by atoms with E-state index in [0.717, 1.165) is 24.0 Å². The second kappa shape index (κ2) is 2.81. The minimum atomic E-state index is -0.901. The van der Waals surface area contributed by atoms with E-state index in [1.165, 1.54) is 0 Å². The zero-order valence-electron chi connectivity index (χ0n) is 7.76. The Morgan fingerprint density at radius 3 is 2.69 bits per heavy atom. The summed E-state index contributed by atoms with van der Waals surface area (Å²) in [5.74, 6) is 0. The van der Waals surface area contributed by atoms with Gasteiger partial charge in [-0.25, -0.2) is 4.39 Å². The number of alkyl halides is 1. The molecule has 0 radical (unpaired) electrons. The second-order valence-electron chi connectivity index (χ2n) is 3.90. The van der Waals surface area contributed by atoms with Gasteiger partial charge < -0.3 is 5.73 Å². The summed E-state index contributed by atoms with van der Waals surface area (Å²) in [6, 6.07) is 7.56. The Hall–Kier alpha value is -0.890. The molecule has 1 aromatic rings. The van der Waals surface area contributed by atoms with Gasteiger partial charge >= 0.3 is 0 Å². The highest BCUT2D eigenvalue weighted by molar-refractivity contribution is 5.33. The molecule has 1 aromatic carbocycles. The molecule has 2 rings (SSSR count). The summed E-state index contributed by atoms with van der Waals surface area (Å²) in [6.45, 7) is 1.55. The van der Waals surface area contributed by atoms with Gasteiger partial charge in [0.25, 0.3) is 0 Å². The average Bonchev–Trinajstić information content (AvgIpc) is 2.85. The first kappa shape index (κ1) is 8.70. The molecule has 1 unspecified atom stereocenters. The van der Waals surface area contributed by atoms with Crippen LogP contribution in [0.3, 0.4) is 0 Å². The van der Waals surface area contributed by atoms with Crippen molar-refractivity contribution in [2.24, 2.45) is 5.73 Å². The van der Waals surface area contributed by atoms with Gasteiger partial charge in [-0.2, -0.15) is 0 Å². The van der Waals surface area contributed by atoms with E-state index in [1.807, 2.05) is 18.2 Å². The van der Waals surface area contributed by atoms with E-state index in [2.05, 4.69) is 0 Å². The fourth-order valence-electron chi connectivity index (χ4n) is 1.52. The third-order valence-electron chi connectivity index (χ3n) is 2.71. The molecule has 1 atom stereocenters. The van der Waals surface area contributed by atoms with Crippen molar-refractivity contribution >= 4 is 0 Å². The number of benzene rings is 1. The van der Waals surface area contributed by atoms with E-state index in [0.29, 0.717) is 0 Å². The molecule has 70 valence electrons. The van der Waals surface area contributed by atoms with Gasteiger partial charge in [-0.3, -0.25) is 0 Å². The van der Waals surface area contributed by atoms with Crippen molar-refractivity contribution in [1.82, 2.24) is 0 Å². The maximum atomic E-state index is 13.0. The van der Waals surface area contributed by atoms with Gasteiger partial charge in [0.05, 0.1) is 0 Å². The first-order chi connectivity index (χ1) is 6.12. The highest BCUT2D eigenvalue weighted by Gasteiger charge is 2.39. The van der Waals surface area contributed by atoms with Gasteiger partial charge in [0, 0.05) is 5.54 Å². The minimum absolute atomic E-state index is 0.148. The molecular formula is C11H14FN. The minimum Gasteiger partial charge on any atom is -0.321 e. The normalized spacial score (nSPS) is 21.2. The van der Waals surface area contributed by atoms with Crippen LogP contribution < -0.4 is 5.73 Å². The third-order valence-corrected chi connectivity index (χ3v) is 2.71. The van der Waals surface area contributed by atoms with E-state index in [9.17, 15) is 4.39 Å². The van der Waals surface area contributed by atoms with E-state index < -0.39 is 6.17 Å². The molecular weight excluding hydrogens is 165 g/mol. The summed E-state index contributed by atoms with van der Waals surface area (Å²) in [6.07, 6.45) is 1.15. The van der Waals surface area contributed by atoms with E-state index in [4.69, 9.17) is 5.73 Å². The molecule has 0 amide bonds. The van der Waals surface area contributed by atoms with Crippen LogP contribution in [-0.2, 0) is 5.54 Å². The zero-order chi connectivity index (χ0) is 9.47. The molecule has 0 bridgehead atoms. The Kier molecular flexibility index (Phi) is 1.88. The molecule has 0 aromatic heterocycles. The van der Waals surface area contributed by atoms with Crippen molar-refractivity contribution in [3.8, 4) is 0 Å². The Bertz CT molecular complexity index is 316. The SMILES string of the molecule is CC(F)c1cccc(C2(N)CC2)c1. The summed E-state index contributed by atoms with van der Waals surface area (Å²) >= 11 is 0. The maximum absolute atomic E-state index is 13.0. The lowest BCUT2D eigenvalue weighted by molar-refractivity contribution is 0.374. The van der Waals surface area contributed by atoms with Crippen molar-refractivity contribution in [3.05, 3.63) is 35.4 Å². The topological polar surface area (TPSA) is 26.0 Å². The molecule has 0 spiro atoms. The number of rotatable bonds is 2. The maximum Gasteiger partial charge on any atom is 0.122 e. The van der Waals surface area contributed by atoms with Crippen molar-refractivity contribution < 1.29 is 4.39 Å². The molecule has 0 aliphatic heterocycles. The largest absolute Gasteiger partial charge is 0.321 e. The second-order valence-corrected chi connectivity index (χ2v) is 3.90. The van der Waals surface area contributed by atoms with Crippen molar-refractivity contribution in [2.75, 3.05) is 0 Å². The van der Waals surface area contributed by atoms with E-state index in [1.54, 1.807) is 13.0 Å². The molecule has 0 heterocycles. The molecule has 2 N–H and O–H groups in total. The fourth-order valence-corrected chi connectivity index (χ4v) is 1.52. The number of hydrogen-bond acceptors (Lipinski definition) is 1. The number of hydrogen-bond donors (Lipinski definition) is 1. The van der Waals surface area contributed by atoms with E-state index in [-0.39, 0.29) is 5.54 Å². The summed E-state index contributed by atoms with van der Waals surface area (Å²) in [5, 5.41) is 0. The van der Waals surface area contributed by atoms with Crippen LogP contribution in [0.25, 0.3) is 0 Å². The lowest BCUT2D eigenvalue weighted by atomic mass is 10.0. The van der Waals surface area contributed by atoms with Crippen molar-refractivity contribution in [3.63, 3.8) is 0 Å². The summed E-state index contributed by atoms with van der Waals surface area (Å²) in [5.41, 5.74) is 7.68. The highest BCUT2D eigenvalue weighted by Crippen LogP contribution is 2.43. The molecule has 1 saturated carbocycles. The fraction of sp³-hybridized carbons (Fsp3) is 0.455. The van der Waals surface area contributed by atoms with Gasteiger partial charge in [-0.1, -0.05) is 24.3 Å². The molecule has 1 nitrogen and oxygen atoms in total. The lowest BCUT2D eigenvalue weighted by Gasteiger charge is -2.11. The van der Waals surface area contributed by atoms with Crippen LogP contribution in [0.1, 0.15) is 37.1 Å². The molecule has 0 saturated heterocycles. The smallest absolute Gasteiger partial charge is 0.122 e. The zero-order valence-corrected chi connectivity index (χ0v) is 7.76. The molecule has 2 heteroatoms. The van der Waals surface area contributed by atoms with Gasteiger partial charge in [0.15, 0.2) is 0 Å². The van der Waals surface area contributed by atoms with Crippen LogP contribution in [0.2, 0.25) is 0 Å². The Morgan fingerprint density at radius 2 is 2.15 bits per heavy atom. The molecule has 1 aliphatic rings. The Morgan fingerprint density at radius 1 is 1.46 bits per heavy atom. The average molecular weight is 179 g/mol.